The summed E-state index contributed by atoms with van der Waals surface area (Å²) in [5.41, 5.74) is 1.71. The van der Waals surface area contributed by atoms with E-state index in [9.17, 15) is 0 Å². The number of pyridine rings is 1. The molecule has 5 heteroatoms. The van der Waals surface area contributed by atoms with E-state index in [-0.39, 0.29) is 0 Å². The van der Waals surface area contributed by atoms with Crippen LogP contribution in [-0.4, -0.2) is 15.2 Å². The van der Waals surface area contributed by atoms with Gasteiger partial charge in [0.25, 0.3) is 5.89 Å². The van der Waals surface area contributed by atoms with Crippen molar-refractivity contribution in [3.63, 3.8) is 0 Å². The summed E-state index contributed by atoms with van der Waals surface area (Å²) in [6.45, 7) is 4.15. The van der Waals surface area contributed by atoms with Gasteiger partial charge in [0.2, 0.25) is 6.39 Å². The van der Waals surface area contributed by atoms with E-state index >= 15 is 0 Å². The highest BCUT2D eigenvalue weighted by atomic mass is 35.5. The van der Waals surface area contributed by atoms with Crippen LogP contribution in [0.5, 0.6) is 0 Å². The normalized spacial score (nSPS) is 10.9. The third-order valence-corrected chi connectivity index (χ3v) is 2.29. The third-order valence-electron chi connectivity index (χ3n) is 2.08. The molecule has 2 heterocycles. The quantitative estimate of drug-likeness (QED) is 0.735. The number of hydrogen-bond acceptors (Lipinski definition) is 4. The Morgan fingerprint density at radius 3 is 2.73 bits per heavy atom. The highest BCUT2D eigenvalue weighted by Gasteiger charge is 2.14. The standard InChI is InChI=1S/C10H10ClN3O/c1-6(2)7-3-4-8(11)13-9(7)10-14-12-5-15-10/h3-6H,1-2H3. The molecule has 2 rings (SSSR count). The van der Waals surface area contributed by atoms with Crippen LogP contribution in [0.15, 0.2) is 22.9 Å². The van der Waals surface area contributed by atoms with Crippen molar-refractivity contribution in [3.05, 3.63) is 29.2 Å². The molecule has 0 amide bonds. The predicted molar refractivity (Wildman–Crippen MR) is 56.6 cm³/mol. The van der Waals surface area contributed by atoms with Gasteiger partial charge in [0.05, 0.1) is 0 Å². The molecule has 0 saturated heterocycles. The summed E-state index contributed by atoms with van der Waals surface area (Å²) in [5, 5.41) is 7.89. The van der Waals surface area contributed by atoms with E-state index in [2.05, 4.69) is 29.0 Å². The molecular weight excluding hydrogens is 214 g/mol. The maximum Gasteiger partial charge on any atom is 0.266 e. The number of rotatable bonds is 2. The average molecular weight is 224 g/mol. The summed E-state index contributed by atoms with van der Waals surface area (Å²) in [6.07, 6.45) is 1.28. The molecule has 78 valence electrons. The summed E-state index contributed by atoms with van der Waals surface area (Å²) in [6, 6.07) is 3.69. The van der Waals surface area contributed by atoms with E-state index < -0.39 is 0 Å². The minimum Gasteiger partial charge on any atom is -0.422 e. The second-order valence-corrected chi connectivity index (χ2v) is 3.86. The molecule has 0 aliphatic heterocycles. The number of nitrogens with zero attached hydrogens (tertiary/aromatic N) is 3. The van der Waals surface area contributed by atoms with E-state index in [1.165, 1.54) is 6.39 Å². The Labute approximate surface area is 92.3 Å². The van der Waals surface area contributed by atoms with Crippen LogP contribution in [0.2, 0.25) is 5.15 Å². The lowest BCUT2D eigenvalue weighted by atomic mass is 10.0. The largest absolute Gasteiger partial charge is 0.422 e. The van der Waals surface area contributed by atoms with Crippen molar-refractivity contribution in [2.45, 2.75) is 19.8 Å². The molecule has 0 aliphatic rings. The van der Waals surface area contributed by atoms with E-state index in [4.69, 9.17) is 16.0 Å². The zero-order valence-electron chi connectivity index (χ0n) is 8.44. The molecule has 0 spiro atoms. The Hall–Kier alpha value is -1.42. The molecule has 4 nitrogen and oxygen atoms in total. The van der Waals surface area contributed by atoms with Crippen molar-refractivity contribution in [2.75, 3.05) is 0 Å². The molecule has 0 aromatic carbocycles. The maximum atomic E-state index is 5.84. The second-order valence-electron chi connectivity index (χ2n) is 3.47. The summed E-state index contributed by atoms with van der Waals surface area (Å²) in [5.74, 6) is 0.734. The van der Waals surface area contributed by atoms with E-state index in [1.54, 1.807) is 6.07 Å². The van der Waals surface area contributed by atoms with Crippen LogP contribution >= 0.6 is 11.6 Å². The van der Waals surface area contributed by atoms with Gasteiger partial charge in [-0.2, -0.15) is 0 Å². The van der Waals surface area contributed by atoms with Gasteiger partial charge in [-0.25, -0.2) is 4.98 Å². The molecule has 0 atom stereocenters. The Balaban J connectivity index is 2.58. The average Bonchev–Trinajstić information content (AvgIpc) is 2.69. The smallest absolute Gasteiger partial charge is 0.266 e. The molecule has 0 bridgehead atoms. The summed E-state index contributed by atoms with van der Waals surface area (Å²) in [7, 11) is 0. The number of aromatic nitrogens is 3. The fourth-order valence-corrected chi connectivity index (χ4v) is 1.51. The van der Waals surface area contributed by atoms with Crippen LogP contribution in [0.1, 0.15) is 25.3 Å². The lowest BCUT2D eigenvalue weighted by molar-refractivity contribution is 0.564. The fraction of sp³-hybridized carbons (Fsp3) is 0.300. The summed E-state index contributed by atoms with van der Waals surface area (Å²) >= 11 is 5.84. The SMILES string of the molecule is CC(C)c1ccc(Cl)nc1-c1nnco1. The zero-order valence-corrected chi connectivity index (χ0v) is 9.19. The maximum absolute atomic E-state index is 5.84. The van der Waals surface area contributed by atoms with E-state index in [0.29, 0.717) is 22.7 Å². The molecule has 0 unspecified atom stereocenters. The molecule has 2 aromatic heterocycles. The Bertz CT molecular complexity index is 454. The summed E-state index contributed by atoms with van der Waals surface area (Å²) in [4.78, 5) is 4.21. The van der Waals surface area contributed by atoms with Crippen molar-refractivity contribution in [1.82, 2.24) is 15.2 Å². The minimum atomic E-state index is 0.330. The molecule has 2 aromatic rings. The van der Waals surface area contributed by atoms with Crippen LogP contribution in [0.4, 0.5) is 0 Å². The Kier molecular flexibility index (Phi) is 2.68. The highest BCUT2D eigenvalue weighted by Crippen LogP contribution is 2.27. The number of halogens is 1. The van der Waals surface area contributed by atoms with Gasteiger partial charge in [0, 0.05) is 0 Å². The van der Waals surface area contributed by atoms with Gasteiger partial charge in [-0.1, -0.05) is 31.5 Å². The van der Waals surface area contributed by atoms with E-state index in [0.717, 1.165) is 5.56 Å². The Morgan fingerprint density at radius 1 is 1.33 bits per heavy atom. The van der Waals surface area contributed by atoms with Crippen LogP contribution in [0.25, 0.3) is 11.6 Å². The van der Waals surface area contributed by atoms with Gasteiger partial charge in [-0.15, -0.1) is 10.2 Å². The predicted octanol–water partition coefficient (Wildman–Crippen LogP) is 2.91. The summed E-state index contributed by atoms with van der Waals surface area (Å²) < 4.78 is 5.12. The second kappa shape index (κ2) is 3.98. The Morgan fingerprint density at radius 2 is 2.13 bits per heavy atom. The first kappa shape index (κ1) is 10.1. The van der Waals surface area contributed by atoms with Crippen molar-refractivity contribution in [2.24, 2.45) is 0 Å². The van der Waals surface area contributed by atoms with Crippen LogP contribution in [0.3, 0.4) is 0 Å². The first-order valence-electron chi connectivity index (χ1n) is 4.61. The lowest BCUT2D eigenvalue weighted by Crippen LogP contribution is -1.96. The van der Waals surface area contributed by atoms with Crippen LogP contribution in [-0.2, 0) is 0 Å². The molecular formula is C10H10ClN3O. The molecule has 0 N–H and O–H groups in total. The van der Waals surface area contributed by atoms with Crippen molar-refractivity contribution in [1.29, 1.82) is 0 Å². The van der Waals surface area contributed by atoms with E-state index in [1.807, 2.05) is 6.07 Å². The first-order valence-corrected chi connectivity index (χ1v) is 4.99. The molecule has 0 fully saturated rings. The monoisotopic (exact) mass is 223 g/mol. The highest BCUT2D eigenvalue weighted by molar-refractivity contribution is 6.29. The van der Waals surface area contributed by atoms with Crippen molar-refractivity contribution < 1.29 is 4.42 Å². The van der Waals surface area contributed by atoms with Gasteiger partial charge < -0.3 is 4.42 Å². The van der Waals surface area contributed by atoms with Crippen molar-refractivity contribution >= 4 is 11.6 Å². The molecule has 15 heavy (non-hydrogen) atoms. The molecule has 0 saturated carbocycles. The van der Waals surface area contributed by atoms with Gasteiger partial charge >= 0.3 is 0 Å². The molecule has 0 radical (unpaired) electrons. The van der Waals surface area contributed by atoms with Crippen LogP contribution in [0, 0.1) is 0 Å². The van der Waals surface area contributed by atoms with Gasteiger partial charge in [0.15, 0.2) is 0 Å². The van der Waals surface area contributed by atoms with Crippen LogP contribution < -0.4 is 0 Å². The minimum absolute atomic E-state index is 0.330. The topological polar surface area (TPSA) is 51.8 Å². The number of hydrogen-bond donors (Lipinski definition) is 0. The van der Waals surface area contributed by atoms with Gasteiger partial charge in [-0.05, 0) is 17.5 Å². The first-order chi connectivity index (χ1) is 7.18. The van der Waals surface area contributed by atoms with Gasteiger partial charge in [-0.3, -0.25) is 0 Å². The fourth-order valence-electron chi connectivity index (χ4n) is 1.36. The third kappa shape index (κ3) is 1.99. The van der Waals surface area contributed by atoms with Crippen molar-refractivity contribution in [3.8, 4) is 11.6 Å². The zero-order chi connectivity index (χ0) is 10.8. The van der Waals surface area contributed by atoms with Gasteiger partial charge in [0.1, 0.15) is 10.8 Å². The lowest BCUT2D eigenvalue weighted by Gasteiger charge is -2.08. The molecule has 0 aliphatic carbocycles.